The number of fused-ring (bicyclic) bond motifs is 2. The maximum Gasteiger partial charge on any atom is 0.223 e. The van der Waals surface area contributed by atoms with Crippen LogP contribution in [0.2, 0.25) is 0 Å². The van der Waals surface area contributed by atoms with E-state index in [-0.39, 0.29) is 17.2 Å². The number of hydrogen-bond donors (Lipinski definition) is 3. The lowest BCUT2D eigenvalue weighted by molar-refractivity contribution is 0.403. The average Bonchev–Trinajstić information content (AvgIpc) is 2.79. The summed E-state index contributed by atoms with van der Waals surface area (Å²) in [4.78, 5) is 11.9. The Morgan fingerprint density at radius 2 is 1.21 bits per heavy atom. The van der Waals surface area contributed by atoms with Crippen LogP contribution in [0.4, 0.5) is 0 Å². The molecule has 0 spiro atoms. The van der Waals surface area contributed by atoms with Crippen LogP contribution in [-0.4, -0.2) is 15.3 Å². The number of phenols is 3. The average molecular weight is 455 g/mol. The van der Waals surface area contributed by atoms with E-state index in [4.69, 9.17) is 4.42 Å². The van der Waals surface area contributed by atoms with Crippen LogP contribution in [0.15, 0.2) is 33.5 Å². The number of phenolic OH excluding ortho intramolecular Hbond substituents is 3. The maximum absolute atomic E-state index is 11.9. The molecular weight excluding hydrogens is 416 g/mol. The van der Waals surface area contributed by atoms with Gasteiger partial charge in [-0.1, -0.05) is 84.0 Å². The molecule has 0 saturated carbocycles. The molecule has 1 aliphatic heterocycles. The highest BCUT2D eigenvalue weighted by molar-refractivity contribution is 5.90. The van der Waals surface area contributed by atoms with Crippen molar-refractivity contribution in [3.8, 4) is 28.6 Å². The van der Waals surface area contributed by atoms with Crippen molar-refractivity contribution >= 4 is 11.0 Å². The Bertz CT molecular complexity index is 1050. The molecule has 0 fully saturated rings. The van der Waals surface area contributed by atoms with Crippen molar-refractivity contribution in [3.63, 3.8) is 0 Å². The van der Waals surface area contributed by atoms with Crippen molar-refractivity contribution in [1.82, 2.24) is 0 Å². The SMILES string of the molecule is CCCCCCCCCCCCCCCc1c2cc(O)c(=O)cc-2oc2cc(O)c(O)cc12. The third-order valence-electron chi connectivity index (χ3n) is 6.54. The van der Waals surface area contributed by atoms with Gasteiger partial charge in [0, 0.05) is 23.1 Å². The molecule has 0 bridgehead atoms. The van der Waals surface area contributed by atoms with Crippen LogP contribution in [0.5, 0.6) is 17.2 Å². The minimum atomic E-state index is -0.500. The zero-order chi connectivity index (χ0) is 23.6. The van der Waals surface area contributed by atoms with E-state index in [0.29, 0.717) is 22.3 Å². The summed E-state index contributed by atoms with van der Waals surface area (Å²) in [6.07, 6.45) is 17.4. The molecular formula is C28H38O5. The van der Waals surface area contributed by atoms with E-state index in [0.717, 1.165) is 24.8 Å². The van der Waals surface area contributed by atoms with Crippen LogP contribution < -0.4 is 5.43 Å². The van der Waals surface area contributed by atoms with Gasteiger partial charge in [-0.25, -0.2) is 0 Å². The molecule has 33 heavy (non-hydrogen) atoms. The molecule has 0 amide bonds. The van der Waals surface area contributed by atoms with Crippen molar-refractivity contribution in [3.05, 3.63) is 40.1 Å². The topological polar surface area (TPSA) is 90.9 Å². The first-order chi connectivity index (χ1) is 16.0. The monoisotopic (exact) mass is 454 g/mol. The van der Waals surface area contributed by atoms with Gasteiger partial charge in [-0.2, -0.15) is 0 Å². The van der Waals surface area contributed by atoms with E-state index >= 15 is 0 Å². The van der Waals surface area contributed by atoms with E-state index in [1.165, 1.54) is 94.9 Å². The Kier molecular flexibility index (Phi) is 9.47. The first-order valence-corrected chi connectivity index (χ1v) is 12.7. The molecule has 0 atom stereocenters. The van der Waals surface area contributed by atoms with Crippen molar-refractivity contribution < 1.29 is 19.7 Å². The van der Waals surface area contributed by atoms with Crippen molar-refractivity contribution in [2.75, 3.05) is 0 Å². The molecule has 3 N–H and O–H groups in total. The molecule has 1 aromatic rings. The third kappa shape index (κ3) is 6.89. The molecule has 0 radical (unpaired) electrons. The zero-order valence-electron chi connectivity index (χ0n) is 19.9. The Morgan fingerprint density at radius 3 is 1.82 bits per heavy atom. The largest absolute Gasteiger partial charge is 0.504 e. The molecule has 3 rings (SSSR count). The molecule has 1 heterocycles. The highest BCUT2D eigenvalue weighted by Crippen LogP contribution is 2.39. The second-order valence-electron chi connectivity index (χ2n) is 9.23. The van der Waals surface area contributed by atoms with Gasteiger partial charge in [0.05, 0.1) is 0 Å². The summed E-state index contributed by atoms with van der Waals surface area (Å²) in [5, 5.41) is 30.5. The second kappa shape index (κ2) is 12.5. The first kappa shape index (κ1) is 24.9. The lowest BCUT2D eigenvalue weighted by atomic mass is 9.94. The Labute approximate surface area is 196 Å². The Balaban J connectivity index is 1.52. The molecule has 0 aromatic heterocycles. The van der Waals surface area contributed by atoms with Gasteiger partial charge in [-0.05, 0) is 30.5 Å². The van der Waals surface area contributed by atoms with E-state index in [9.17, 15) is 20.1 Å². The first-order valence-electron chi connectivity index (χ1n) is 12.7. The highest BCUT2D eigenvalue weighted by atomic mass is 16.3. The molecule has 180 valence electrons. The number of aryl methyl sites for hydroxylation is 1. The molecule has 5 nitrogen and oxygen atoms in total. The van der Waals surface area contributed by atoms with E-state index in [1.807, 2.05) is 0 Å². The van der Waals surface area contributed by atoms with Crippen LogP contribution in [0.3, 0.4) is 0 Å². The molecule has 0 saturated heterocycles. The van der Waals surface area contributed by atoms with Gasteiger partial charge in [0.15, 0.2) is 17.2 Å². The third-order valence-corrected chi connectivity index (χ3v) is 6.54. The minimum Gasteiger partial charge on any atom is -0.504 e. The predicted molar refractivity (Wildman–Crippen MR) is 133 cm³/mol. The number of aromatic hydroxyl groups is 3. The van der Waals surface area contributed by atoms with Crippen LogP contribution >= 0.6 is 0 Å². The number of benzene rings is 2. The summed E-state index contributed by atoms with van der Waals surface area (Å²) in [5.74, 6) is -0.418. The molecule has 0 unspecified atom stereocenters. The summed E-state index contributed by atoms with van der Waals surface area (Å²) in [5.41, 5.74) is 1.50. The summed E-state index contributed by atoms with van der Waals surface area (Å²) in [6.45, 7) is 2.25. The fourth-order valence-corrected chi connectivity index (χ4v) is 4.60. The van der Waals surface area contributed by atoms with Gasteiger partial charge in [0.2, 0.25) is 5.43 Å². The van der Waals surface area contributed by atoms with Crippen molar-refractivity contribution in [2.45, 2.75) is 96.8 Å². The van der Waals surface area contributed by atoms with E-state index in [1.54, 1.807) is 0 Å². The van der Waals surface area contributed by atoms with Gasteiger partial charge in [0.1, 0.15) is 11.3 Å². The number of unbranched alkanes of at least 4 members (excludes halogenated alkanes) is 12. The van der Waals surface area contributed by atoms with Crippen molar-refractivity contribution in [2.24, 2.45) is 0 Å². The fourth-order valence-electron chi connectivity index (χ4n) is 4.60. The van der Waals surface area contributed by atoms with E-state index in [2.05, 4.69) is 6.92 Å². The lowest BCUT2D eigenvalue weighted by Gasteiger charge is -2.15. The normalized spacial score (nSPS) is 11.5. The van der Waals surface area contributed by atoms with Crippen LogP contribution in [0.1, 0.15) is 96.0 Å². The predicted octanol–water partition coefficient (Wildman–Crippen LogP) is 7.65. The number of rotatable bonds is 14. The van der Waals surface area contributed by atoms with Crippen molar-refractivity contribution in [1.29, 1.82) is 0 Å². The van der Waals surface area contributed by atoms with Gasteiger partial charge in [0.25, 0.3) is 0 Å². The second-order valence-corrected chi connectivity index (χ2v) is 9.23. The quantitative estimate of drug-likeness (QED) is 0.132. The van der Waals surface area contributed by atoms with Crippen LogP contribution in [-0.2, 0) is 6.42 Å². The van der Waals surface area contributed by atoms with Gasteiger partial charge >= 0.3 is 0 Å². The summed E-state index contributed by atoms with van der Waals surface area (Å²) < 4.78 is 5.80. The van der Waals surface area contributed by atoms with Gasteiger partial charge in [-0.3, -0.25) is 4.79 Å². The molecule has 1 aliphatic carbocycles. The highest BCUT2D eigenvalue weighted by Gasteiger charge is 2.19. The molecule has 1 aromatic carbocycles. The smallest absolute Gasteiger partial charge is 0.223 e. The Morgan fingerprint density at radius 1 is 0.667 bits per heavy atom. The summed E-state index contributed by atoms with van der Waals surface area (Å²) in [7, 11) is 0. The van der Waals surface area contributed by atoms with Crippen LogP contribution in [0.25, 0.3) is 22.3 Å². The van der Waals surface area contributed by atoms with Crippen LogP contribution in [0, 0.1) is 0 Å². The lowest BCUT2D eigenvalue weighted by Crippen LogP contribution is -2.03. The van der Waals surface area contributed by atoms with Gasteiger partial charge in [-0.15, -0.1) is 0 Å². The zero-order valence-corrected chi connectivity index (χ0v) is 19.9. The maximum atomic E-state index is 11.9. The fraction of sp³-hybridized carbons (Fsp3) is 0.536. The minimum absolute atomic E-state index is 0.215. The van der Waals surface area contributed by atoms with Gasteiger partial charge < -0.3 is 19.7 Å². The number of hydrogen-bond acceptors (Lipinski definition) is 5. The summed E-state index contributed by atoms with van der Waals surface area (Å²) in [6, 6.07) is 5.59. The molecule has 5 heteroatoms. The van der Waals surface area contributed by atoms with E-state index < -0.39 is 5.43 Å². The molecule has 2 aliphatic rings. The standard InChI is InChI=1S/C28H38O5/c1-2-3-4-5-6-7-8-9-10-11-12-13-14-15-20-21-16-23(29)25(31)18-27(21)33-28-19-26(32)24(30)17-22(20)28/h16-19,29-31H,2-15H2,1H3. The Hall–Kier alpha value is -2.69. The summed E-state index contributed by atoms with van der Waals surface area (Å²) >= 11 is 0.